The van der Waals surface area contributed by atoms with E-state index in [2.05, 4.69) is 5.32 Å². The summed E-state index contributed by atoms with van der Waals surface area (Å²) < 4.78 is 0. The molecule has 0 heterocycles. The summed E-state index contributed by atoms with van der Waals surface area (Å²) in [6.07, 6.45) is -1.18. The van der Waals surface area contributed by atoms with Crippen LogP contribution in [0.25, 0.3) is 0 Å². The molecule has 0 aliphatic carbocycles. The van der Waals surface area contributed by atoms with Gasteiger partial charge in [-0.05, 0) is 20.8 Å². The van der Waals surface area contributed by atoms with E-state index in [-0.39, 0.29) is 12.4 Å². The van der Waals surface area contributed by atoms with Crippen LogP contribution in [0.3, 0.4) is 0 Å². The Morgan fingerprint density at radius 3 is 2.36 bits per heavy atom. The van der Waals surface area contributed by atoms with E-state index >= 15 is 0 Å². The van der Waals surface area contributed by atoms with Crippen LogP contribution in [0.1, 0.15) is 20.8 Å². The number of hydrogen-bond acceptors (Lipinski definition) is 4. The molecule has 0 aliphatic rings. The van der Waals surface area contributed by atoms with Gasteiger partial charge in [-0.1, -0.05) is 0 Å². The molecule has 0 aromatic rings. The first-order valence-electron chi connectivity index (χ1n) is 3.46. The van der Waals surface area contributed by atoms with Crippen molar-refractivity contribution in [1.82, 2.24) is 5.32 Å². The van der Waals surface area contributed by atoms with Gasteiger partial charge in [0.1, 0.15) is 0 Å². The number of carbonyl (C=O) groups excluding carboxylic acids is 1. The maximum Gasteiger partial charge on any atom is 0.173 e. The first kappa shape index (κ1) is 10.6. The lowest BCUT2D eigenvalue weighted by Gasteiger charge is -2.25. The van der Waals surface area contributed by atoms with Gasteiger partial charge in [0.05, 0.1) is 6.61 Å². The van der Waals surface area contributed by atoms with Gasteiger partial charge >= 0.3 is 0 Å². The highest BCUT2D eigenvalue weighted by Crippen LogP contribution is 2.00. The first-order chi connectivity index (χ1) is 4.89. The standard InChI is InChI=1S/C7H15NO3/c1-5(10)6(11)8-7(2,3)4-9/h6,8-9,11H,4H2,1-3H3. The third-order valence-electron chi connectivity index (χ3n) is 1.31. The van der Waals surface area contributed by atoms with Crippen LogP contribution in [0.2, 0.25) is 0 Å². The van der Waals surface area contributed by atoms with Crippen molar-refractivity contribution in [3.05, 3.63) is 0 Å². The average molecular weight is 161 g/mol. The third kappa shape index (κ3) is 4.08. The number of Topliss-reactive ketones (excluding diaryl/α,β-unsaturated/α-hetero) is 1. The summed E-state index contributed by atoms with van der Waals surface area (Å²) in [5.74, 6) is -0.355. The summed E-state index contributed by atoms with van der Waals surface area (Å²) >= 11 is 0. The number of ketones is 1. The SMILES string of the molecule is CC(=O)C(O)NC(C)(C)CO. The fraction of sp³-hybridized carbons (Fsp3) is 0.857. The average Bonchev–Trinajstić information content (AvgIpc) is 1.87. The van der Waals surface area contributed by atoms with Gasteiger partial charge in [0.2, 0.25) is 0 Å². The van der Waals surface area contributed by atoms with Gasteiger partial charge in [-0.2, -0.15) is 0 Å². The molecule has 0 rings (SSSR count). The lowest BCUT2D eigenvalue weighted by atomic mass is 10.1. The Morgan fingerprint density at radius 2 is 2.09 bits per heavy atom. The van der Waals surface area contributed by atoms with Gasteiger partial charge in [0, 0.05) is 5.54 Å². The lowest BCUT2D eigenvalue weighted by Crippen LogP contribution is -2.51. The van der Waals surface area contributed by atoms with Gasteiger partial charge in [-0.3, -0.25) is 10.1 Å². The number of nitrogens with one attached hydrogen (secondary N) is 1. The normalized spacial score (nSPS) is 14.6. The van der Waals surface area contributed by atoms with Crippen molar-refractivity contribution in [3.63, 3.8) is 0 Å². The highest BCUT2D eigenvalue weighted by molar-refractivity contribution is 5.79. The number of aliphatic hydroxyl groups is 2. The molecule has 0 fully saturated rings. The highest BCUT2D eigenvalue weighted by atomic mass is 16.3. The van der Waals surface area contributed by atoms with E-state index in [9.17, 15) is 4.79 Å². The van der Waals surface area contributed by atoms with Crippen LogP contribution >= 0.6 is 0 Å². The smallest absolute Gasteiger partial charge is 0.173 e. The second kappa shape index (κ2) is 3.80. The molecule has 3 N–H and O–H groups in total. The zero-order chi connectivity index (χ0) is 9.07. The zero-order valence-electron chi connectivity index (χ0n) is 7.09. The van der Waals surface area contributed by atoms with Gasteiger partial charge in [-0.15, -0.1) is 0 Å². The maximum atomic E-state index is 10.5. The van der Waals surface area contributed by atoms with Crippen LogP contribution in [0, 0.1) is 0 Å². The maximum absolute atomic E-state index is 10.5. The molecule has 11 heavy (non-hydrogen) atoms. The monoisotopic (exact) mass is 161 g/mol. The summed E-state index contributed by atoms with van der Waals surface area (Å²) in [4.78, 5) is 10.5. The third-order valence-corrected chi connectivity index (χ3v) is 1.31. The fourth-order valence-electron chi connectivity index (χ4n) is 0.517. The van der Waals surface area contributed by atoms with Crippen molar-refractivity contribution in [3.8, 4) is 0 Å². The van der Waals surface area contributed by atoms with Crippen molar-refractivity contribution in [1.29, 1.82) is 0 Å². The Bertz CT molecular complexity index is 145. The Kier molecular flexibility index (Phi) is 3.65. The van der Waals surface area contributed by atoms with Crippen molar-refractivity contribution < 1.29 is 15.0 Å². The van der Waals surface area contributed by atoms with Crippen LogP contribution < -0.4 is 5.32 Å². The molecule has 0 saturated carbocycles. The van der Waals surface area contributed by atoms with Crippen molar-refractivity contribution >= 4 is 5.78 Å². The molecule has 0 aromatic carbocycles. The van der Waals surface area contributed by atoms with E-state index in [0.717, 1.165) is 0 Å². The van der Waals surface area contributed by atoms with Gasteiger partial charge in [0.25, 0.3) is 0 Å². The summed E-state index contributed by atoms with van der Waals surface area (Å²) in [5.41, 5.74) is -0.620. The molecule has 0 aliphatic heterocycles. The van der Waals surface area contributed by atoms with E-state index in [4.69, 9.17) is 10.2 Å². The predicted molar refractivity (Wildman–Crippen MR) is 41.0 cm³/mol. The van der Waals surface area contributed by atoms with Crippen molar-refractivity contribution in [2.75, 3.05) is 6.61 Å². The van der Waals surface area contributed by atoms with Crippen LogP contribution in [0.5, 0.6) is 0 Å². The molecule has 0 radical (unpaired) electrons. The zero-order valence-corrected chi connectivity index (χ0v) is 7.09. The number of carbonyl (C=O) groups is 1. The van der Waals surface area contributed by atoms with E-state index in [1.807, 2.05) is 0 Å². The molecule has 1 atom stereocenters. The number of hydrogen-bond donors (Lipinski definition) is 3. The second-order valence-electron chi connectivity index (χ2n) is 3.20. The second-order valence-corrected chi connectivity index (χ2v) is 3.20. The Morgan fingerprint density at radius 1 is 1.64 bits per heavy atom. The minimum Gasteiger partial charge on any atom is -0.394 e. The first-order valence-corrected chi connectivity index (χ1v) is 3.46. The van der Waals surface area contributed by atoms with E-state index in [1.54, 1.807) is 13.8 Å². The van der Waals surface area contributed by atoms with Crippen molar-refractivity contribution in [2.24, 2.45) is 0 Å². The summed E-state index contributed by atoms with van der Waals surface area (Å²) in [7, 11) is 0. The van der Waals surface area contributed by atoms with Crippen LogP contribution in [0.4, 0.5) is 0 Å². The quantitative estimate of drug-likeness (QED) is 0.475. The van der Waals surface area contributed by atoms with E-state index in [1.165, 1.54) is 6.92 Å². The summed E-state index contributed by atoms with van der Waals surface area (Å²) in [6, 6.07) is 0. The van der Waals surface area contributed by atoms with E-state index < -0.39 is 11.8 Å². The topological polar surface area (TPSA) is 69.6 Å². The molecular formula is C7H15NO3. The summed E-state index contributed by atoms with van der Waals surface area (Å²) in [6.45, 7) is 4.54. The van der Waals surface area contributed by atoms with Crippen LogP contribution in [-0.4, -0.2) is 34.4 Å². The molecule has 0 spiro atoms. The van der Waals surface area contributed by atoms with E-state index in [0.29, 0.717) is 0 Å². The number of aliphatic hydroxyl groups excluding tert-OH is 2. The predicted octanol–water partition coefficient (Wildman–Crippen LogP) is -0.746. The van der Waals surface area contributed by atoms with Gasteiger partial charge in [-0.25, -0.2) is 0 Å². The Balaban J connectivity index is 3.93. The lowest BCUT2D eigenvalue weighted by molar-refractivity contribution is -0.127. The molecule has 1 unspecified atom stereocenters. The Hall–Kier alpha value is -0.450. The fourth-order valence-corrected chi connectivity index (χ4v) is 0.517. The minimum atomic E-state index is -1.18. The molecule has 4 nitrogen and oxygen atoms in total. The largest absolute Gasteiger partial charge is 0.394 e. The van der Waals surface area contributed by atoms with Crippen LogP contribution in [0.15, 0.2) is 0 Å². The van der Waals surface area contributed by atoms with Crippen molar-refractivity contribution in [2.45, 2.75) is 32.5 Å². The summed E-state index contributed by atoms with van der Waals surface area (Å²) in [5, 5.41) is 20.3. The van der Waals surface area contributed by atoms with Gasteiger partial charge in [0.15, 0.2) is 12.0 Å². The molecule has 0 aromatic heterocycles. The minimum absolute atomic E-state index is 0.128. The Labute approximate surface area is 66.2 Å². The number of rotatable bonds is 4. The van der Waals surface area contributed by atoms with Crippen LogP contribution in [-0.2, 0) is 4.79 Å². The molecule has 0 bridgehead atoms. The molecule has 4 heteroatoms. The molecular weight excluding hydrogens is 146 g/mol. The molecule has 66 valence electrons. The highest BCUT2D eigenvalue weighted by Gasteiger charge is 2.21. The molecule has 0 amide bonds. The van der Waals surface area contributed by atoms with Gasteiger partial charge < -0.3 is 10.2 Å². The molecule has 0 saturated heterocycles.